The molecule has 0 aliphatic carbocycles. The summed E-state index contributed by atoms with van der Waals surface area (Å²) < 4.78 is 5.15. The molecule has 0 saturated carbocycles. The van der Waals surface area contributed by atoms with Crippen molar-refractivity contribution in [1.82, 2.24) is 10.3 Å². The minimum absolute atomic E-state index is 0.571. The van der Waals surface area contributed by atoms with E-state index in [1.165, 1.54) is 12.8 Å². The average Bonchev–Trinajstić information content (AvgIpc) is 2.39. The van der Waals surface area contributed by atoms with Crippen molar-refractivity contribution in [3.8, 4) is 5.88 Å². The van der Waals surface area contributed by atoms with Crippen LogP contribution in [0.1, 0.15) is 12.8 Å². The Labute approximate surface area is 96.6 Å². The van der Waals surface area contributed by atoms with E-state index in [0.29, 0.717) is 11.9 Å². The third kappa shape index (κ3) is 2.44. The first-order valence-electron chi connectivity index (χ1n) is 5.76. The van der Waals surface area contributed by atoms with Gasteiger partial charge in [0.25, 0.3) is 0 Å². The monoisotopic (exact) mass is 221 g/mol. The Morgan fingerprint density at radius 3 is 3.12 bits per heavy atom. The predicted octanol–water partition coefficient (Wildman–Crippen LogP) is 1.28. The molecule has 4 heteroatoms. The number of aromatic nitrogens is 1. The van der Waals surface area contributed by atoms with Crippen molar-refractivity contribution in [2.75, 3.05) is 32.1 Å². The fraction of sp³-hybridized carbons (Fsp3) is 0.583. The van der Waals surface area contributed by atoms with Crippen molar-refractivity contribution in [2.24, 2.45) is 0 Å². The van der Waals surface area contributed by atoms with Gasteiger partial charge >= 0.3 is 0 Å². The Morgan fingerprint density at radius 1 is 1.50 bits per heavy atom. The van der Waals surface area contributed by atoms with Crippen molar-refractivity contribution >= 4 is 5.82 Å². The van der Waals surface area contributed by atoms with Gasteiger partial charge in [0.2, 0.25) is 5.88 Å². The second-order valence-electron chi connectivity index (χ2n) is 4.11. The zero-order valence-electron chi connectivity index (χ0n) is 9.94. The molecule has 1 fully saturated rings. The van der Waals surface area contributed by atoms with Crippen LogP contribution in [0, 0.1) is 0 Å². The average molecular weight is 221 g/mol. The van der Waals surface area contributed by atoms with Crippen molar-refractivity contribution in [2.45, 2.75) is 18.9 Å². The summed E-state index contributed by atoms with van der Waals surface area (Å²) in [6, 6.07) is 6.48. The van der Waals surface area contributed by atoms with Crippen LogP contribution in [0.25, 0.3) is 0 Å². The standard InChI is InChI=1S/C12H19N3O/c1-13-10-5-4-8-15(9-10)11-6-3-7-12(14-11)16-2/h3,6-7,10,13H,4-5,8-9H2,1-2H3. The molecule has 1 unspecified atom stereocenters. The molecule has 16 heavy (non-hydrogen) atoms. The van der Waals surface area contributed by atoms with Crippen molar-refractivity contribution in [3.63, 3.8) is 0 Å². The normalized spacial score (nSPS) is 20.9. The maximum atomic E-state index is 5.15. The number of likely N-dealkylation sites (N-methyl/N-ethyl adjacent to an activating group) is 1. The number of anilines is 1. The van der Waals surface area contributed by atoms with E-state index >= 15 is 0 Å². The van der Waals surface area contributed by atoms with E-state index in [1.54, 1.807) is 7.11 Å². The van der Waals surface area contributed by atoms with Crippen molar-refractivity contribution in [1.29, 1.82) is 0 Å². The third-order valence-electron chi connectivity index (χ3n) is 3.07. The van der Waals surface area contributed by atoms with Crippen LogP contribution < -0.4 is 15.0 Å². The highest BCUT2D eigenvalue weighted by atomic mass is 16.5. The molecule has 0 aromatic carbocycles. The number of nitrogens with one attached hydrogen (secondary N) is 1. The highest BCUT2D eigenvalue weighted by molar-refractivity contribution is 5.41. The zero-order valence-corrected chi connectivity index (χ0v) is 9.94. The third-order valence-corrected chi connectivity index (χ3v) is 3.07. The van der Waals surface area contributed by atoms with E-state index in [4.69, 9.17) is 4.74 Å². The number of hydrogen-bond donors (Lipinski definition) is 1. The summed E-state index contributed by atoms with van der Waals surface area (Å²) in [6.45, 7) is 2.11. The summed E-state index contributed by atoms with van der Waals surface area (Å²) in [5, 5.41) is 3.33. The summed E-state index contributed by atoms with van der Waals surface area (Å²) in [6.07, 6.45) is 2.46. The maximum absolute atomic E-state index is 5.15. The molecule has 1 N–H and O–H groups in total. The number of methoxy groups -OCH3 is 1. The van der Waals surface area contributed by atoms with Gasteiger partial charge < -0.3 is 15.0 Å². The minimum Gasteiger partial charge on any atom is -0.481 e. The van der Waals surface area contributed by atoms with Crippen LogP contribution in [-0.4, -0.2) is 38.3 Å². The predicted molar refractivity (Wildman–Crippen MR) is 65.1 cm³/mol. The van der Waals surface area contributed by atoms with Gasteiger partial charge in [0.15, 0.2) is 0 Å². The van der Waals surface area contributed by atoms with E-state index in [9.17, 15) is 0 Å². The molecule has 2 heterocycles. The largest absolute Gasteiger partial charge is 0.481 e. The molecule has 1 aliphatic heterocycles. The number of ether oxygens (including phenoxy) is 1. The van der Waals surface area contributed by atoms with Crippen LogP contribution >= 0.6 is 0 Å². The Hall–Kier alpha value is -1.29. The Balaban J connectivity index is 2.10. The van der Waals surface area contributed by atoms with Gasteiger partial charge in [-0.15, -0.1) is 0 Å². The van der Waals surface area contributed by atoms with Crippen LogP contribution in [0.2, 0.25) is 0 Å². The number of pyridine rings is 1. The van der Waals surface area contributed by atoms with Crippen LogP contribution in [0.5, 0.6) is 5.88 Å². The van der Waals surface area contributed by atoms with Crippen LogP contribution in [-0.2, 0) is 0 Å². The lowest BCUT2D eigenvalue weighted by atomic mass is 10.1. The van der Waals surface area contributed by atoms with E-state index in [-0.39, 0.29) is 0 Å². The van der Waals surface area contributed by atoms with Crippen LogP contribution in [0.15, 0.2) is 18.2 Å². The van der Waals surface area contributed by atoms with Gasteiger partial charge in [0.1, 0.15) is 5.82 Å². The fourth-order valence-corrected chi connectivity index (χ4v) is 2.11. The first-order chi connectivity index (χ1) is 7.83. The first kappa shape index (κ1) is 11.2. The van der Waals surface area contributed by atoms with Crippen molar-refractivity contribution < 1.29 is 4.74 Å². The summed E-state index contributed by atoms with van der Waals surface area (Å²) >= 11 is 0. The fourth-order valence-electron chi connectivity index (χ4n) is 2.11. The number of hydrogen-bond acceptors (Lipinski definition) is 4. The van der Waals surface area contributed by atoms with E-state index < -0.39 is 0 Å². The zero-order chi connectivity index (χ0) is 11.4. The van der Waals surface area contributed by atoms with E-state index in [0.717, 1.165) is 18.9 Å². The minimum atomic E-state index is 0.571. The summed E-state index contributed by atoms with van der Waals surface area (Å²) in [4.78, 5) is 6.77. The number of nitrogens with zero attached hydrogens (tertiary/aromatic N) is 2. The summed E-state index contributed by atoms with van der Waals surface area (Å²) in [5.74, 6) is 1.70. The van der Waals surface area contributed by atoms with E-state index in [2.05, 4.69) is 15.2 Å². The highest BCUT2D eigenvalue weighted by Gasteiger charge is 2.19. The van der Waals surface area contributed by atoms with Gasteiger partial charge in [-0.25, -0.2) is 0 Å². The molecule has 0 amide bonds. The topological polar surface area (TPSA) is 37.4 Å². The molecule has 1 atom stereocenters. The molecule has 1 aromatic rings. The Bertz CT molecular complexity index is 343. The molecule has 0 radical (unpaired) electrons. The second-order valence-corrected chi connectivity index (χ2v) is 4.11. The van der Waals surface area contributed by atoms with Crippen LogP contribution in [0.4, 0.5) is 5.82 Å². The lowest BCUT2D eigenvalue weighted by Crippen LogP contribution is -2.44. The van der Waals surface area contributed by atoms with Gasteiger partial charge in [-0.1, -0.05) is 6.07 Å². The van der Waals surface area contributed by atoms with Gasteiger partial charge in [-0.05, 0) is 26.0 Å². The smallest absolute Gasteiger partial charge is 0.214 e. The number of piperidine rings is 1. The van der Waals surface area contributed by atoms with Crippen molar-refractivity contribution in [3.05, 3.63) is 18.2 Å². The SMILES string of the molecule is CNC1CCCN(c2cccc(OC)n2)C1. The molecule has 1 aliphatic rings. The number of rotatable bonds is 3. The first-order valence-corrected chi connectivity index (χ1v) is 5.76. The molecule has 1 aromatic heterocycles. The Morgan fingerprint density at radius 2 is 2.38 bits per heavy atom. The maximum Gasteiger partial charge on any atom is 0.214 e. The van der Waals surface area contributed by atoms with E-state index in [1.807, 2.05) is 25.2 Å². The van der Waals surface area contributed by atoms with Gasteiger partial charge in [0, 0.05) is 25.2 Å². The second kappa shape index (κ2) is 5.16. The van der Waals surface area contributed by atoms with Crippen LogP contribution in [0.3, 0.4) is 0 Å². The molecule has 4 nitrogen and oxygen atoms in total. The molecular formula is C12H19N3O. The molecular weight excluding hydrogens is 202 g/mol. The molecule has 0 spiro atoms. The molecule has 1 saturated heterocycles. The lowest BCUT2D eigenvalue weighted by Gasteiger charge is -2.33. The van der Waals surface area contributed by atoms with Gasteiger partial charge in [-0.3, -0.25) is 0 Å². The van der Waals surface area contributed by atoms with Gasteiger partial charge in [0.05, 0.1) is 7.11 Å². The molecule has 2 rings (SSSR count). The highest BCUT2D eigenvalue weighted by Crippen LogP contribution is 2.20. The quantitative estimate of drug-likeness (QED) is 0.834. The molecule has 88 valence electrons. The summed E-state index contributed by atoms with van der Waals surface area (Å²) in [7, 11) is 3.67. The Kier molecular flexibility index (Phi) is 3.62. The summed E-state index contributed by atoms with van der Waals surface area (Å²) in [5.41, 5.74) is 0. The lowest BCUT2D eigenvalue weighted by molar-refractivity contribution is 0.395. The molecule has 0 bridgehead atoms. The van der Waals surface area contributed by atoms with Gasteiger partial charge in [-0.2, -0.15) is 4.98 Å².